The molecule has 2 aromatic heterocycles. The molecule has 0 radical (unpaired) electrons. The van der Waals surface area contributed by atoms with Gasteiger partial charge in [-0.05, 0) is 50.5 Å². The summed E-state index contributed by atoms with van der Waals surface area (Å²) < 4.78 is 11.0. The number of hydrogen-bond acceptors (Lipinski definition) is 10. The second-order valence-electron chi connectivity index (χ2n) is 8.70. The van der Waals surface area contributed by atoms with Crippen molar-refractivity contribution in [3.63, 3.8) is 0 Å². The molecule has 3 aromatic rings. The third-order valence-corrected chi connectivity index (χ3v) is 5.81. The Bertz CT molecular complexity index is 1510. The van der Waals surface area contributed by atoms with Crippen LogP contribution in [0.15, 0.2) is 42.9 Å². The molecule has 0 fully saturated rings. The second kappa shape index (κ2) is 13.7. The lowest BCUT2D eigenvalue weighted by Gasteiger charge is -2.19. The van der Waals surface area contributed by atoms with E-state index in [2.05, 4.69) is 25.5 Å². The summed E-state index contributed by atoms with van der Waals surface area (Å²) in [6, 6.07) is 5.22. The molecule has 41 heavy (non-hydrogen) atoms. The predicted molar refractivity (Wildman–Crippen MR) is 146 cm³/mol. The van der Waals surface area contributed by atoms with Gasteiger partial charge in [-0.1, -0.05) is 13.0 Å². The lowest BCUT2D eigenvalue weighted by atomic mass is 10.1. The van der Waals surface area contributed by atoms with Gasteiger partial charge in [-0.2, -0.15) is 5.10 Å². The molecule has 0 aliphatic rings. The number of carboxylic acids is 1. The van der Waals surface area contributed by atoms with Crippen LogP contribution in [0.5, 0.6) is 0 Å². The molecule has 2 heterocycles. The van der Waals surface area contributed by atoms with Crippen molar-refractivity contribution in [2.24, 2.45) is 0 Å². The standard InChI is InChI=1S/C27H30N6O8/c1-5-11-32(27(39)41-15-40-22(36)10-9-21(34)35)26(38)19-13-33-23(17(19)4)24(29-14-30-33)31-20-12-18(8-7-16(20)3)25(37)28-6-2/h7-10,12-14H,5-6,11,15H2,1-4H3,(H,28,37)(H,34,35)(H,29,30,31)/b10-9+. The number of carbonyl (C=O) groups is 5. The number of ether oxygens (including phenoxy) is 2. The van der Waals surface area contributed by atoms with Crippen LogP contribution in [0.1, 0.15) is 52.1 Å². The van der Waals surface area contributed by atoms with Gasteiger partial charge in [0.25, 0.3) is 11.8 Å². The SMILES string of the molecule is CCCN(C(=O)OCOC(=O)/C=C/C(=O)O)C(=O)c1cn2ncnc(Nc3cc(C(=O)NCC)ccc3C)c2c1C. The van der Waals surface area contributed by atoms with Gasteiger partial charge in [-0.15, -0.1) is 0 Å². The number of imide groups is 1. The largest absolute Gasteiger partial charge is 0.478 e. The van der Waals surface area contributed by atoms with Gasteiger partial charge in [0.15, 0.2) is 5.82 Å². The van der Waals surface area contributed by atoms with E-state index in [0.717, 1.165) is 10.5 Å². The molecule has 0 atom stereocenters. The van der Waals surface area contributed by atoms with E-state index >= 15 is 0 Å². The zero-order valence-corrected chi connectivity index (χ0v) is 23.0. The Morgan fingerprint density at radius 2 is 1.85 bits per heavy atom. The third kappa shape index (κ3) is 7.44. The molecular formula is C27H30N6O8. The fourth-order valence-corrected chi connectivity index (χ4v) is 3.80. The van der Waals surface area contributed by atoms with Crippen LogP contribution in [0, 0.1) is 13.8 Å². The van der Waals surface area contributed by atoms with Crippen LogP contribution in [0.2, 0.25) is 0 Å². The van der Waals surface area contributed by atoms with Gasteiger partial charge in [-0.25, -0.2) is 28.8 Å². The maximum Gasteiger partial charge on any atom is 0.419 e. The molecule has 3 N–H and O–H groups in total. The van der Waals surface area contributed by atoms with Gasteiger partial charge in [0.2, 0.25) is 6.79 Å². The van der Waals surface area contributed by atoms with Crippen molar-refractivity contribution in [1.29, 1.82) is 0 Å². The van der Waals surface area contributed by atoms with Crippen LogP contribution in [0.4, 0.5) is 16.3 Å². The fraction of sp³-hybridized carbons (Fsp3) is 0.296. The Labute approximate surface area is 234 Å². The second-order valence-corrected chi connectivity index (χ2v) is 8.70. The Balaban J connectivity index is 1.85. The molecule has 14 nitrogen and oxygen atoms in total. The summed E-state index contributed by atoms with van der Waals surface area (Å²) in [5.41, 5.74) is 3.06. The lowest BCUT2D eigenvalue weighted by Crippen LogP contribution is -2.38. The number of nitrogens with zero attached hydrogens (tertiary/aromatic N) is 4. The average molecular weight is 567 g/mol. The van der Waals surface area contributed by atoms with Gasteiger partial charge in [0.05, 0.1) is 5.56 Å². The number of rotatable bonds is 11. The first kappa shape index (κ1) is 30.3. The quantitative estimate of drug-likeness (QED) is 0.176. The molecule has 0 bridgehead atoms. The minimum Gasteiger partial charge on any atom is -0.478 e. The van der Waals surface area contributed by atoms with Crippen LogP contribution in [0.3, 0.4) is 0 Å². The van der Waals surface area contributed by atoms with E-state index in [-0.39, 0.29) is 18.0 Å². The summed E-state index contributed by atoms with van der Waals surface area (Å²) in [6.45, 7) is 6.82. The number of nitrogens with one attached hydrogen (secondary N) is 2. The van der Waals surface area contributed by atoms with Crippen molar-refractivity contribution in [2.75, 3.05) is 25.2 Å². The highest BCUT2D eigenvalue weighted by molar-refractivity contribution is 6.06. The first-order valence-electron chi connectivity index (χ1n) is 12.6. The maximum absolute atomic E-state index is 13.5. The number of aromatic nitrogens is 3. The molecule has 0 aliphatic carbocycles. The van der Waals surface area contributed by atoms with Crippen LogP contribution < -0.4 is 10.6 Å². The molecule has 0 saturated heterocycles. The summed E-state index contributed by atoms with van der Waals surface area (Å²) in [5, 5.41) is 18.7. The predicted octanol–water partition coefficient (Wildman–Crippen LogP) is 2.97. The van der Waals surface area contributed by atoms with Crippen molar-refractivity contribution in [1.82, 2.24) is 24.8 Å². The normalized spacial score (nSPS) is 10.8. The molecule has 1 aromatic carbocycles. The van der Waals surface area contributed by atoms with E-state index in [4.69, 9.17) is 9.84 Å². The number of anilines is 2. The van der Waals surface area contributed by atoms with Crippen molar-refractivity contribution < 1.29 is 38.6 Å². The molecule has 0 aliphatic heterocycles. The smallest absolute Gasteiger partial charge is 0.419 e. The van der Waals surface area contributed by atoms with E-state index in [1.165, 1.54) is 17.0 Å². The summed E-state index contributed by atoms with van der Waals surface area (Å²) in [4.78, 5) is 65.7. The third-order valence-electron chi connectivity index (χ3n) is 5.81. The number of esters is 1. The first-order chi connectivity index (χ1) is 19.6. The number of aryl methyl sites for hydroxylation is 2. The van der Waals surface area contributed by atoms with Crippen molar-refractivity contribution in [2.45, 2.75) is 34.1 Å². The van der Waals surface area contributed by atoms with Crippen molar-refractivity contribution in [3.8, 4) is 0 Å². The Morgan fingerprint density at radius 3 is 2.54 bits per heavy atom. The molecule has 3 rings (SSSR count). The van der Waals surface area contributed by atoms with Gasteiger partial charge in [0, 0.05) is 42.7 Å². The number of carboxylic acid groups (broad SMARTS) is 1. The summed E-state index contributed by atoms with van der Waals surface area (Å²) >= 11 is 0. The van der Waals surface area contributed by atoms with E-state index in [0.29, 0.717) is 53.3 Å². The zero-order valence-electron chi connectivity index (χ0n) is 23.0. The minimum atomic E-state index is -1.35. The van der Waals surface area contributed by atoms with Gasteiger partial charge >= 0.3 is 18.0 Å². The van der Waals surface area contributed by atoms with E-state index in [9.17, 15) is 24.0 Å². The molecule has 0 spiro atoms. The number of amides is 3. The summed E-state index contributed by atoms with van der Waals surface area (Å²) in [6.07, 6.45) is 3.36. The van der Waals surface area contributed by atoms with Crippen LogP contribution in [-0.4, -0.2) is 74.3 Å². The summed E-state index contributed by atoms with van der Waals surface area (Å²) in [7, 11) is 0. The molecule has 14 heteroatoms. The summed E-state index contributed by atoms with van der Waals surface area (Å²) in [5.74, 6) is -2.89. The number of fused-ring (bicyclic) bond motifs is 1. The molecule has 216 valence electrons. The maximum atomic E-state index is 13.5. The molecule has 3 amide bonds. The molecular weight excluding hydrogens is 536 g/mol. The van der Waals surface area contributed by atoms with E-state index in [1.807, 2.05) is 13.8 Å². The number of hydrogen-bond donors (Lipinski definition) is 3. The highest BCUT2D eigenvalue weighted by Gasteiger charge is 2.28. The van der Waals surface area contributed by atoms with Crippen LogP contribution in [-0.2, 0) is 19.1 Å². The molecule has 0 unspecified atom stereocenters. The van der Waals surface area contributed by atoms with Crippen molar-refractivity contribution in [3.05, 3.63) is 65.1 Å². The fourth-order valence-electron chi connectivity index (χ4n) is 3.80. The first-order valence-corrected chi connectivity index (χ1v) is 12.6. The highest BCUT2D eigenvalue weighted by Crippen LogP contribution is 2.28. The topological polar surface area (TPSA) is 182 Å². The number of aliphatic carboxylic acids is 1. The molecule has 0 saturated carbocycles. The number of benzene rings is 1. The van der Waals surface area contributed by atoms with Gasteiger partial charge in [0.1, 0.15) is 11.8 Å². The Kier molecular flexibility index (Phi) is 10.1. The van der Waals surface area contributed by atoms with Crippen molar-refractivity contribution >= 4 is 46.9 Å². The van der Waals surface area contributed by atoms with Gasteiger partial charge in [-0.3, -0.25) is 9.59 Å². The van der Waals surface area contributed by atoms with Crippen LogP contribution >= 0.6 is 0 Å². The Hall–Kier alpha value is -5.27. The zero-order chi connectivity index (χ0) is 30.1. The minimum absolute atomic E-state index is 0.0127. The monoisotopic (exact) mass is 566 g/mol. The average Bonchev–Trinajstić information content (AvgIpc) is 3.28. The van der Waals surface area contributed by atoms with E-state index in [1.54, 1.807) is 32.0 Å². The van der Waals surface area contributed by atoms with Gasteiger partial charge < -0.3 is 25.2 Å². The number of carbonyl (C=O) groups excluding carboxylic acids is 4. The van der Waals surface area contributed by atoms with Crippen LogP contribution in [0.25, 0.3) is 5.52 Å². The lowest BCUT2D eigenvalue weighted by molar-refractivity contribution is -0.146. The highest BCUT2D eigenvalue weighted by atomic mass is 16.7. The Morgan fingerprint density at radius 1 is 1.10 bits per heavy atom. The van der Waals surface area contributed by atoms with E-state index < -0.39 is 30.7 Å².